The topological polar surface area (TPSA) is 49.7 Å². The van der Waals surface area contributed by atoms with Gasteiger partial charge in [0.15, 0.2) is 0 Å². The molecule has 1 rings (SSSR count). The van der Waals surface area contributed by atoms with Crippen molar-refractivity contribution in [2.45, 2.75) is 6.18 Å². The maximum atomic E-state index is 12.2. The molecule has 0 radical (unpaired) electrons. The molecule has 2 N–H and O–H groups in total. The lowest BCUT2D eigenvalue weighted by molar-refractivity contribution is -0.137. The van der Waals surface area contributed by atoms with E-state index >= 15 is 0 Å². The van der Waals surface area contributed by atoms with Crippen molar-refractivity contribution in [1.29, 1.82) is 0 Å². The Hall–Kier alpha value is -0.915. The van der Waals surface area contributed by atoms with Gasteiger partial charge in [-0.2, -0.15) is 13.2 Å². The van der Waals surface area contributed by atoms with E-state index in [0.717, 1.165) is 12.1 Å². The lowest BCUT2D eigenvalue weighted by Crippen LogP contribution is -2.20. The summed E-state index contributed by atoms with van der Waals surface area (Å²) in [7, 11) is -2.13. The second-order valence-electron chi connectivity index (χ2n) is 2.59. The zero-order valence-corrected chi connectivity index (χ0v) is 7.88. The third-order valence-corrected chi connectivity index (χ3v) is 1.79. The molecule has 0 spiro atoms. The number of hydrogen-bond acceptors (Lipinski definition) is 3. The monoisotopic (exact) mass is 240 g/mol. The molecule has 15 heavy (non-hydrogen) atoms. The summed E-state index contributed by atoms with van der Waals surface area (Å²) in [6, 6.07) is 2.27. The van der Waals surface area contributed by atoms with Crippen molar-refractivity contribution in [3.63, 3.8) is 0 Å². The average molecular weight is 240 g/mol. The highest BCUT2D eigenvalue weighted by molar-refractivity contribution is 6.36. The Labute approximate surface area is 88.2 Å². The minimum absolute atomic E-state index is 0.236. The Kier molecular flexibility index (Phi) is 3.48. The fourth-order valence-corrected chi connectivity index (χ4v) is 1.11. The summed E-state index contributed by atoms with van der Waals surface area (Å²) in [5.74, 6) is -0.236. The van der Waals surface area contributed by atoms with Gasteiger partial charge >= 0.3 is 13.5 Å². The second kappa shape index (κ2) is 4.30. The molecule has 0 saturated heterocycles. The molecule has 0 aliphatic heterocycles. The molecule has 0 atom stereocenters. The normalized spacial score (nSPS) is 11.3. The van der Waals surface area contributed by atoms with Crippen LogP contribution >= 0.6 is 11.6 Å². The molecule has 0 amide bonds. The largest absolute Gasteiger partial charge is 0.707 e. The highest BCUT2D eigenvalue weighted by Gasteiger charge is 2.31. The van der Waals surface area contributed by atoms with Crippen LogP contribution in [0.4, 0.5) is 13.2 Å². The number of hydrogen-bond donors (Lipinski definition) is 2. The molecule has 1 aromatic carbocycles. The Balaban J connectivity index is 2.98. The van der Waals surface area contributed by atoms with Crippen molar-refractivity contribution in [3.8, 4) is 5.75 Å². The molecular weight excluding hydrogens is 235 g/mol. The maximum Gasteiger partial charge on any atom is 0.707 e. The van der Waals surface area contributed by atoms with Crippen LogP contribution in [0, 0.1) is 0 Å². The van der Waals surface area contributed by atoms with Crippen LogP contribution in [0.2, 0.25) is 5.02 Å². The molecule has 0 aliphatic rings. The summed E-state index contributed by atoms with van der Waals surface area (Å²) in [6.07, 6.45) is -4.50. The summed E-state index contributed by atoms with van der Waals surface area (Å²) in [5, 5.41) is 16.5. The zero-order valence-electron chi connectivity index (χ0n) is 7.12. The number of alkyl halides is 3. The Morgan fingerprint density at radius 2 is 1.87 bits per heavy atom. The zero-order chi connectivity index (χ0) is 11.6. The van der Waals surface area contributed by atoms with Crippen molar-refractivity contribution >= 4 is 18.9 Å². The summed E-state index contributed by atoms with van der Waals surface area (Å²) in [5.41, 5.74) is -0.938. The highest BCUT2D eigenvalue weighted by atomic mass is 35.5. The Morgan fingerprint density at radius 3 is 2.27 bits per heavy atom. The summed E-state index contributed by atoms with van der Waals surface area (Å²) < 4.78 is 40.8. The van der Waals surface area contributed by atoms with E-state index in [0.29, 0.717) is 6.07 Å². The minimum Gasteiger partial charge on any atom is -0.511 e. The Bertz CT molecular complexity index is 356. The van der Waals surface area contributed by atoms with E-state index in [4.69, 9.17) is 21.6 Å². The molecule has 0 saturated carbocycles. The minimum atomic E-state index is -4.50. The highest BCUT2D eigenvalue weighted by Crippen LogP contribution is 2.34. The van der Waals surface area contributed by atoms with Crippen LogP contribution in [0.25, 0.3) is 0 Å². The summed E-state index contributed by atoms with van der Waals surface area (Å²) in [6.45, 7) is 0. The van der Waals surface area contributed by atoms with E-state index in [9.17, 15) is 13.2 Å². The fourth-order valence-electron chi connectivity index (χ4n) is 0.886. The van der Waals surface area contributed by atoms with Gasteiger partial charge in [-0.05, 0) is 18.2 Å². The second-order valence-corrected chi connectivity index (χ2v) is 2.99. The number of rotatable bonds is 2. The van der Waals surface area contributed by atoms with Crippen molar-refractivity contribution in [2.24, 2.45) is 0 Å². The molecule has 8 heteroatoms. The van der Waals surface area contributed by atoms with Gasteiger partial charge in [0.2, 0.25) is 0 Å². The molecule has 3 nitrogen and oxygen atoms in total. The van der Waals surface area contributed by atoms with E-state index in [-0.39, 0.29) is 10.8 Å². The van der Waals surface area contributed by atoms with Crippen molar-refractivity contribution in [2.75, 3.05) is 0 Å². The van der Waals surface area contributed by atoms with Gasteiger partial charge in [0.25, 0.3) is 0 Å². The van der Waals surface area contributed by atoms with E-state index in [1.165, 1.54) is 0 Å². The molecular formula is C7H5BClF3O3. The van der Waals surface area contributed by atoms with Gasteiger partial charge in [0, 0.05) is 0 Å². The van der Waals surface area contributed by atoms with Crippen LogP contribution in [-0.4, -0.2) is 17.4 Å². The van der Waals surface area contributed by atoms with E-state index in [1.54, 1.807) is 0 Å². The first kappa shape index (κ1) is 12.2. The first-order chi connectivity index (χ1) is 6.80. The summed E-state index contributed by atoms with van der Waals surface area (Å²) in [4.78, 5) is 0. The fraction of sp³-hybridized carbons (Fsp3) is 0.143. The van der Waals surface area contributed by atoms with Gasteiger partial charge in [0.05, 0.1) is 10.6 Å². The SMILES string of the molecule is OB(O)Oc1ccc(C(F)(F)F)cc1Cl. The average Bonchev–Trinajstić information content (AvgIpc) is 2.05. The van der Waals surface area contributed by atoms with Crippen LogP contribution in [0.15, 0.2) is 18.2 Å². The van der Waals surface area contributed by atoms with E-state index in [1.807, 2.05) is 0 Å². The van der Waals surface area contributed by atoms with Crippen LogP contribution in [0.1, 0.15) is 5.56 Å². The third-order valence-electron chi connectivity index (χ3n) is 1.49. The summed E-state index contributed by atoms with van der Waals surface area (Å²) >= 11 is 5.43. The van der Waals surface area contributed by atoms with Gasteiger partial charge in [-0.1, -0.05) is 11.6 Å². The molecule has 0 unspecified atom stereocenters. The van der Waals surface area contributed by atoms with Gasteiger partial charge < -0.3 is 14.7 Å². The van der Waals surface area contributed by atoms with Crippen molar-refractivity contribution in [3.05, 3.63) is 28.8 Å². The van der Waals surface area contributed by atoms with Crippen LogP contribution in [0.3, 0.4) is 0 Å². The lowest BCUT2D eigenvalue weighted by Gasteiger charge is -2.10. The van der Waals surface area contributed by atoms with Crippen LogP contribution in [-0.2, 0) is 6.18 Å². The first-order valence-corrected chi connectivity index (χ1v) is 4.08. The first-order valence-electron chi connectivity index (χ1n) is 3.70. The standard InChI is InChI=1S/C7H5BClF3O3/c9-5-3-4(7(10,11)12)1-2-6(5)15-8(13)14/h1-3,13-14H. The predicted molar refractivity (Wildman–Crippen MR) is 47.3 cm³/mol. The van der Waals surface area contributed by atoms with Crippen LogP contribution in [0.5, 0.6) is 5.75 Å². The smallest absolute Gasteiger partial charge is 0.511 e. The van der Waals surface area contributed by atoms with Gasteiger partial charge in [0.1, 0.15) is 5.75 Å². The molecule has 0 bridgehead atoms. The van der Waals surface area contributed by atoms with E-state index in [2.05, 4.69) is 4.65 Å². The molecule has 82 valence electrons. The quantitative estimate of drug-likeness (QED) is 0.774. The third kappa shape index (κ3) is 3.30. The Morgan fingerprint density at radius 1 is 1.27 bits per heavy atom. The number of benzene rings is 1. The molecule has 0 aliphatic carbocycles. The van der Waals surface area contributed by atoms with Crippen molar-refractivity contribution < 1.29 is 27.9 Å². The molecule has 0 heterocycles. The van der Waals surface area contributed by atoms with Crippen molar-refractivity contribution in [1.82, 2.24) is 0 Å². The predicted octanol–water partition coefficient (Wildman–Crippen LogP) is 1.71. The van der Waals surface area contributed by atoms with Gasteiger partial charge in [-0.15, -0.1) is 0 Å². The molecule has 0 fully saturated rings. The number of halogens is 4. The van der Waals surface area contributed by atoms with Gasteiger partial charge in [-0.25, -0.2) is 0 Å². The van der Waals surface area contributed by atoms with Crippen LogP contribution < -0.4 is 4.65 Å². The maximum absolute atomic E-state index is 12.2. The van der Waals surface area contributed by atoms with Gasteiger partial charge in [-0.3, -0.25) is 0 Å². The molecule has 0 aromatic heterocycles. The van der Waals surface area contributed by atoms with E-state index < -0.39 is 19.1 Å². The lowest BCUT2D eigenvalue weighted by atomic mass is 10.2. The molecule has 1 aromatic rings.